The molecule has 2 aromatic carbocycles. The first kappa shape index (κ1) is 21.3. The van der Waals surface area contributed by atoms with Gasteiger partial charge < -0.3 is 15.4 Å². The van der Waals surface area contributed by atoms with Crippen LogP contribution in [-0.4, -0.2) is 42.4 Å². The third-order valence-electron chi connectivity index (χ3n) is 4.65. The number of benzene rings is 2. The number of nitrogens with one attached hydrogen (secondary N) is 2. The molecule has 8 nitrogen and oxygen atoms in total. The lowest BCUT2D eigenvalue weighted by Crippen LogP contribution is -2.42. The average molecular weight is 434 g/mol. The maximum atomic E-state index is 13.4. The molecular weight excluding hydrogens is 417 g/mol. The molecule has 0 radical (unpaired) electrons. The standard InChI is InChI=1S/C20H17ClFN3O5/c1-20(13-8-7-11(22)9-14(13)21)18(28)25(19(29)24-20)10-16(26)23-15-6-4-3-5-12(15)17(27)30-2/h3-9H,10H2,1-2H3,(H,23,26)(H,24,29). The minimum absolute atomic E-state index is 0.0375. The van der Waals surface area contributed by atoms with Gasteiger partial charge in [0.15, 0.2) is 0 Å². The van der Waals surface area contributed by atoms with Crippen LogP contribution in [0.3, 0.4) is 0 Å². The monoisotopic (exact) mass is 433 g/mol. The van der Waals surface area contributed by atoms with E-state index in [1.807, 2.05) is 0 Å². The smallest absolute Gasteiger partial charge is 0.339 e. The lowest BCUT2D eigenvalue weighted by molar-refractivity contribution is -0.133. The van der Waals surface area contributed by atoms with Gasteiger partial charge >= 0.3 is 12.0 Å². The summed E-state index contributed by atoms with van der Waals surface area (Å²) >= 11 is 6.05. The summed E-state index contributed by atoms with van der Waals surface area (Å²) in [6, 6.07) is 8.78. The molecule has 2 N–H and O–H groups in total. The van der Waals surface area contributed by atoms with Gasteiger partial charge in [0.25, 0.3) is 5.91 Å². The maximum Gasteiger partial charge on any atom is 0.339 e. The second-order valence-corrected chi connectivity index (χ2v) is 7.06. The summed E-state index contributed by atoms with van der Waals surface area (Å²) in [5, 5.41) is 4.94. The predicted octanol–water partition coefficient (Wildman–Crippen LogP) is 2.67. The average Bonchev–Trinajstić information content (AvgIpc) is 2.91. The van der Waals surface area contributed by atoms with Crippen molar-refractivity contribution in [1.82, 2.24) is 10.2 Å². The van der Waals surface area contributed by atoms with E-state index in [2.05, 4.69) is 15.4 Å². The highest BCUT2D eigenvalue weighted by atomic mass is 35.5. The van der Waals surface area contributed by atoms with E-state index in [-0.39, 0.29) is 21.8 Å². The number of hydrogen-bond donors (Lipinski definition) is 2. The van der Waals surface area contributed by atoms with Crippen molar-refractivity contribution >= 4 is 41.1 Å². The van der Waals surface area contributed by atoms with Crippen LogP contribution in [0.25, 0.3) is 0 Å². The van der Waals surface area contributed by atoms with Gasteiger partial charge in [-0.1, -0.05) is 29.8 Å². The second kappa shape index (κ2) is 8.11. The number of halogens is 2. The zero-order chi connectivity index (χ0) is 22.1. The van der Waals surface area contributed by atoms with Gasteiger partial charge in [-0.25, -0.2) is 14.0 Å². The third kappa shape index (κ3) is 3.84. The van der Waals surface area contributed by atoms with E-state index in [1.54, 1.807) is 12.1 Å². The van der Waals surface area contributed by atoms with Gasteiger partial charge in [0.1, 0.15) is 17.9 Å². The van der Waals surface area contributed by atoms with Crippen LogP contribution < -0.4 is 10.6 Å². The molecule has 1 fully saturated rings. The summed E-state index contributed by atoms with van der Waals surface area (Å²) in [7, 11) is 1.20. The molecule has 0 aliphatic carbocycles. The summed E-state index contributed by atoms with van der Waals surface area (Å²) < 4.78 is 18.0. The number of hydrogen-bond acceptors (Lipinski definition) is 5. The number of carbonyl (C=O) groups excluding carboxylic acids is 4. The molecular formula is C20H17ClFN3O5. The molecule has 1 heterocycles. The number of ether oxygens (including phenoxy) is 1. The van der Waals surface area contributed by atoms with E-state index in [9.17, 15) is 23.6 Å². The van der Waals surface area contributed by atoms with E-state index in [4.69, 9.17) is 11.6 Å². The molecule has 1 unspecified atom stereocenters. The number of amides is 4. The fraction of sp³-hybridized carbons (Fsp3) is 0.200. The van der Waals surface area contributed by atoms with E-state index in [1.165, 1.54) is 32.2 Å². The Morgan fingerprint density at radius 2 is 1.93 bits per heavy atom. The van der Waals surface area contributed by atoms with Gasteiger partial charge in [-0.3, -0.25) is 14.5 Å². The molecule has 0 bridgehead atoms. The van der Waals surface area contributed by atoms with Crippen LogP contribution in [0.5, 0.6) is 0 Å². The number of anilines is 1. The second-order valence-electron chi connectivity index (χ2n) is 6.66. The first-order valence-electron chi connectivity index (χ1n) is 8.74. The molecule has 0 saturated carbocycles. The molecule has 0 spiro atoms. The molecule has 4 amide bonds. The topological polar surface area (TPSA) is 105 Å². The van der Waals surface area contributed by atoms with Crippen molar-refractivity contribution < 1.29 is 28.3 Å². The van der Waals surface area contributed by atoms with Crippen LogP contribution in [0.15, 0.2) is 42.5 Å². The third-order valence-corrected chi connectivity index (χ3v) is 4.97. The van der Waals surface area contributed by atoms with Crippen LogP contribution in [0, 0.1) is 5.82 Å². The Balaban J connectivity index is 1.79. The quantitative estimate of drug-likeness (QED) is 0.557. The SMILES string of the molecule is COC(=O)c1ccccc1NC(=O)CN1C(=O)NC(C)(c2ccc(F)cc2Cl)C1=O. The van der Waals surface area contributed by atoms with Crippen LogP contribution in [0.4, 0.5) is 14.9 Å². The molecule has 0 aromatic heterocycles. The number of esters is 1. The summed E-state index contributed by atoms with van der Waals surface area (Å²) in [5.41, 5.74) is -1.08. The van der Waals surface area contributed by atoms with Gasteiger partial charge in [0.05, 0.1) is 18.4 Å². The summed E-state index contributed by atoms with van der Waals surface area (Å²) in [4.78, 5) is 50.3. The van der Waals surface area contributed by atoms with Crippen molar-refractivity contribution in [2.24, 2.45) is 0 Å². The van der Waals surface area contributed by atoms with Crippen LogP contribution in [0.1, 0.15) is 22.8 Å². The Hall–Kier alpha value is -3.46. The largest absolute Gasteiger partial charge is 0.465 e. The molecule has 10 heteroatoms. The predicted molar refractivity (Wildman–Crippen MR) is 105 cm³/mol. The first-order chi connectivity index (χ1) is 14.2. The van der Waals surface area contributed by atoms with Crippen molar-refractivity contribution in [2.75, 3.05) is 19.0 Å². The van der Waals surface area contributed by atoms with Crippen LogP contribution in [-0.2, 0) is 19.9 Å². The van der Waals surface area contributed by atoms with Crippen molar-refractivity contribution in [2.45, 2.75) is 12.5 Å². The number of nitrogens with zero attached hydrogens (tertiary/aromatic N) is 1. The van der Waals surface area contributed by atoms with Gasteiger partial charge in [-0.2, -0.15) is 0 Å². The van der Waals surface area contributed by atoms with E-state index in [0.717, 1.165) is 17.0 Å². The van der Waals surface area contributed by atoms with Gasteiger partial charge in [-0.15, -0.1) is 0 Å². The Morgan fingerprint density at radius 3 is 2.60 bits per heavy atom. The zero-order valence-corrected chi connectivity index (χ0v) is 16.7. The van der Waals surface area contributed by atoms with Crippen molar-refractivity contribution in [3.8, 4) is 0 Å². The molecule has 1 aliphatic rings. The number of para-hydroxylation sites is 1. The van der Waals surface area contributed by atoms with Crippen molar-refractivity contribution in [3.63, 3.8) is 0 Å². The fourth-order valence-corrected chi connectivity index (χ4v) is 3.49. The molecule has 1 aliphatic heterocycles. The molecule has 1 saturated heterocycles. The minimum Gasteiger partial charge on any atom is -0.465 e. The molecule has 30 heavy (non-hydrogen) atoms. The molecule has 3 rings (SSSR count). The van der Waals surface area contributed by atoms with Crippen molar-refractivity contribution in [3.05, 3.63) is 64.4 Å². The Labute approximate surface area is 175 Å². The highest BCUT2D eigenvalue weighted by Crippen LogP contribution is 2.34. The summed E-state index contributed by atoms with van der Waals surface area (Å²) in [6.45, 7) is 0.811. The number of imide groups is 1. The summed E-state index contributed by atoms with van der Waals surface area (Å²) in [6.07, 6.45) is 0. The summed E-state index contributed by atoms with van der Waals surface area (Å²) in [5.74, 6) is -2.68. The van der Waals surface area contributed by atoms with E-state index < -0.39 is 41.7 Å². The molecule has 156 valence electrons. The minimum atomic E-state index is -1.56. The highest BCUT2D eigenvalue weighted by molar-refractivity contribution is 6.32. The van der Waals surface area contributed by atoms with Crippen LogP contribution in [0.2, 0.25) is 5.02 Å². The molecule has 1 atom stereocenters. The Morgan fingerprint density at radius 1 is 1.23 bits per heavy atom. The zero-order valence-electron chi connectivity index (χ0n) is 16.0. The van der Waals surface area contributed by atoms with Crippen molar-refractivity contribution in [1.29, 1.82) is 0 Å². The van der Waals surface area contributed by atoms with E-state index in [0.29, 0.717) is 0 Å². The number of urea groups is 1. The lowest BCUT2D eigenvalue weighted by atomic mass is 9.92. The molecule has 2 aromatic rings. The van der Waals surface area contributed by atoms with Crippen LogP contribution >= 0.6 is 11.6 Å². The van der Waals surface area contributed by atoms with Gasteiger partial charge in [0, 0.05) is 10.6 Å². The normalized spacial score (nSPS) is 18.2. The Bertz CT molecular complexity index is 1060. The number of rotatable bonds is 5. The van der Waals surface area contributed by atoms with E-state index >= 15 is 0 Å². The maximum absolute atomic E-state index is 13.4. The lowest BCUT2D eigenvalue weighted by Gasteiger charge is -2.23. The van der Waals surface area contributed by atoms with Gasteiger partial charge in [-0.05, 0) is 31.2 Å². The van der Waals surface area contributed by atoms with Gasteiger partial charge in [0.2, 0.25) is 5.91 Å². The number of carbonyl (C=O) groups is 4. The Kier molecular flexibility index (Phi) is 5.75. The first-order valence-corrected chi connectivity index (χ1v) is 9.12. The fourth-order valence-electron chi connectivity index (χ4n) is 3.13. The highest BCUT2D eigenvalue weighted by Gasteiger charge is 2.50. The number of methoxy groups -OCH3 is 1.